The van der Waals surface area contributed by atoms with Gasteiger partial charge in [-0.05, 0) is 12.1 Å². The molecule has 0 atom stereocenters. The first-order valence-corrected chi connectivity index (χ1v) is 3.60. The molecule has 2 rings (SSSR count). The number of nitrogens with one attached hydrogen (secondary N) is 1. The van der Waals surface area contributed by atoms with Crippen LogP contribution in [0.15, 0.2) is 24.6 Å². The number of carboxylic acid groups (broad SMARTS) is 1. The molecule has 0 spiro atoms. The summed E-state index contributed by atoms with van der Waals surface area (Å²) in [5.41, 5.74) is 0.628. The van der Waals surface area contributed by atoms with Crippen LogP contribution >= 0.6 is 0 Å². The summed E-state index contributed by atoms with van der Waals surface area (Å²) in [5.74, 6) is -0.789. The van der Waals surface area contributed by atoms with E-state index in [4.69, 9.17) is 9.84 Å². The van der Waals surface area contributed by atoms with Crippen LogP contribution in [0.3, 0.4) is 0 Å². The summed E-state index contributed by atoms with van der Waals surface area (Å²) >= 11 is 0. The molecule has 1 aromatic heterocycles. The van der Waals surface area contributed by atoms with Gasteiger partial charge in [-0.1, -0.05) is 0 Å². The summed E-state index contributed by atoms with van der Waals surface area (Å²) in [5, 5.41) is 11.5. The number of aromatic nitrogens is 1. The molecule has 13 heavy (non-hydrogen) atoms. The van der Waals surface area contributed by atoms with Crippen molar-refractivity contribution in [3.63, 3.8) is 0 Å². The van der Waals surface area contributed by atoms with Crippen molar-refractivity contribution in [1.29, 1.82) is 0 Å². The Hall–Kier alpha value is -2.04. The molecule has 0 aromatic carbocycles. The molecule has 0 bridgehead atoms. The van der Waals surface area contributed by atoms with E-state index in [1.54, 1.807) is 12.3 Å². The number of fused-ring (bicyclic) bond motifs is 1. The van der Waals surface area contributed by atoms with Crippen molar-refractivity contribution in [2.45, 2.75) is 0 Å². The van der Waals surface area contributed by atoms with Crippen LogP contribution in [0.5, 0.6) is 5.88 Å². The number of anilines is 1. The second kappa shape index (κ2) is 2.78. The molecule has 0 radical (unpaired) electrons. The summed E-state index contributed by atoms with van der Waals surface area (Å²) in [6, 6.07) is 3.02. The number of hydrogen-bond acceptors (Lipinski definition) is 4. The standard InChI is InChI=1S/C8H6N2O3/c11-8(12)6-2-1-5-7(10-6)13-4-3-9-5/h1-4,9H,(H,11,12). The van der Waals surface area contributed by atoms with E-state index in [1.807, 2.05) is 0 Å². The highest BCUT2D eigenvalue weighted by Gasteiger charge is 2.11. The molecule has 0 saturated carbocycles. The Balaban J connectivity index is 2.44. The zero-order valence-electron chi connectivity index (χ0n) is 6.52. The molecular weight excluding hydrogens is 172 g/mol. The maximum atomic E-state index is 10.5. The van der Waals surface area contributed by atoms with Crippen molar-refractivity contribution in [2.24, 2.45) is 0 Å². The summed E-state index contributed by atoms with van der Waals surface area (Å²) < 4.78 is 5.00. The maximum Gasteiger partial charge on any atom is 0.354 e. The van der Waals surface area contributed by atoms with Gasteiger partial charge in [-0.25, -0.2) is 9.78 Å². The second-order valence-electron chi connectivity index (χ2n) is 2.42. The highest BCUT2D eigenvalue weighted by Crippen LogP contribution is 2.24. The number of hydrogen-bond donors (Lipinski definition) is 2. The summed E-state index contributed by atoms with van der Waals surface area (Å²) in [7, 11) is 0. The predicted octanol–water partition coefficient (Wildman–Crippen LogP) is 1.06. The van der Waals surface area contributed by atoms with Crippen molar-refractivity contribution in [3.8, 4) is 5.88 Å². The maximum absolute atomic E-state index is 10.5. The minimum absolute atomic E-state index is 0.0316. The Bertz CT molecular complexity index is 387. The SMILES string of the molecule is O=C(O)c1ccc2c(n1)OC=CN2. The topological polar surface area (TPSA) is 71.5 Å². The van der Waals surface area contributed by atoms with Gasteiger partial charge in [0.2, 0.25) is 5.88 Å². The first-order valence-electron chi connectivity index (χ1n) is 3.60. The molecule has 0 unspecified atom stereocenters. The van der Waals surface area contributed by atoms with Crippen LogP contribution in [0.1, 0.15) is 10.5 Å². The molecule has 0 saturated heterocycles. The minimum atomic E-state index is -1.07. The lowest BCUT2D eigenvalue weighted by Crippen LogP contribution is -2.06. The number of aromatic carboxylic acids is 1. The fourth-order valence-electron chi connectivity index (χ4n) is 0.982. The lowest BCUT2D eigenvalue weighted by molar-refractivity contribution is 0.0689. The predicted molar refractivity (Wildman–Crippen MR) is 44.6 cm³/mol. The average molecular weight is 178 g/mol. The van der Waals surface area contributed by atoms with E-state index in [2.05, 4.69) is 10.3 Å². The number of carbonyl (C=O) groups is 1. The Morgan fingerprint density at radius 3 is 3.15 bits per heavy atom. The number of carboxylic acids is 1. The number of ether oxygens (including phenoxy) is 1. The molecular formula is C8H6N2O3. The quantitative estimate of drug-likeness (QED) is 0.672. The summed E-state index contributed by atoms with van der Waals surface area (Å²) in [6.45, 7) is 0. The van der Waals surface area contributed by atoms with Gasteiger partial charge in [-0.3, -0.25) is 0 Å². The molecule has 2 N–H and O–H groups in total. The van der Waals surface area contributed by atoms with Crippen LogP contribution < -0.4 is 10.1 Å². The van der Waals surface area contributed by atoms with Crippen molar-refractivity contribution in [1.82, 2.24) is 4.98 Å². The lowest BCUT2D eigenvalue weighted by atomic mass is 10.3. The third-order valence-corrected chi connectivity index (χ3v) is 1.57. The Morgan fingerprint density at radius 2 is 2.38 bits per heavy atom. The summed E-state index contributed by atoms with van der Waals surface area (Å²) in [4.78, 5) is 14.3. The van der Waals surface area contributed by atoms with Crippen LogP contribution in [0.4, 0.5) is 5.69 Å². The van der Waals surface area contributed by atoms with Gasteiger partial charge in [-0.15, -0.1) is 0 Å². The fraction of sp³-hybridized carbons (Fsp3) is 0. The van der Waals surface area contributed by atoms with Crippen molar-refractivity contribution >= 4 is 11.7 Å². The second-order valence-corrected chi connectivity index (χ2v) is 2.42. The lowest BCUT2D eigenvalue weighted by Gasteiger charge is -2.11. The van der Waals surface area contributed by atoms with Crippen LogP contribution in [0.25, 0.3) is 0 Å². The Kier molecular flexibility index (Phi) is 1.63. The number of pyridine rings is 1. The van der Waals surface area contributed by atoms with Crippen LogP contribution in [-0.2, 0) is 0 Å². The van der Waals surface area contributed by atoms with Gasteiger partial charge in [0.15, 0.2) is 5.69 Å². The third kappa shape index (κ3) is 1.31. The molecule has 0 aliphatic carbocycles. The first-order chi connectivity index (χ1) is 6.27. The van der Waals surface area contributed by atoms with Gasteiger partial charge < -0.3 is 15.2 Å². The minimum Gasteiger partial charge on any atom is -0.477 e. The highest BCUT2D eigenvalue weighted by molar-refractivity contribution is 5.86. The van der Waals surface area contributed by atoms with Crippen LogP contribution in [0, 0.1) is 0 Å². The first kappa shape index (κ1) is 7.60. The molecule has 1 aliphatic heterocycles. The van der Waals surface area contributed by atoms with E-state index >= 15 is 0 Å². The van der Waals surface area contributed by atoms with Gasteiger partial charge in [-0.2, -0.15) is 0 Å². The van der Waals surface area contributed by atoms with Crippen molar-refractivity contribution in [2.75, 3.05) is 5.32 Å². The molecule has 1 aliphatic rings. The van der Waals surface area contributed by atoms with E-state index in [-0.39, 0.29) is 11.6 Å². The fourth-order valence-corrected chi connectivity index (χ4v) is 0.982. The largest absolute Gasteiger partial charge is 0.477 e. The van der Waals surface area contributed by atoms with Gasteiger partial charge in [0, 0.05) is 6.20 Å². The molecule has 5 nitrogen and oxygen atoms in total. The van der Waals surface area contributed by atoms with E-state index in [1.165, 1.54) is 12.3 Å². The molecule has 0 fully saturated rings. The van der Waals surface area contributed by atoms with Gasteiger partial charge in [0.05, 0.1) is 0 Å². The Labute approximate surface area is 73.7 Å². The van der Waals surface area contributed by atoms with Crippen molar-refractivity contribution < 1.29 is 14.6 Å². The van der Waals surface area contributed by atoms with E-state index in [9.17, 15) is 4.79 Å². The molecule has 2 heterocycles. The van der Waals surface area contributed by atoms with Gasteiger partial charge in [0.1, 0.15) is 11.9 Å². The smallest absolute Gasteiger partial charge is 0.354 e. The van der Waals surface area contributed by atoms with Gasteiger partial charge >= 0.3 is 5.97 Å². The molecule has 66 valence electrons. The molecule has 1 aromatic rings. The average Bonchev–Trinajstić information content (AvgIpc) is 2.17. The number of rotatable bonds is 1. The normalized spacial score (nSPS) is 12.6. The highest BCUT2D eigenvalue weighted by atomic mass is 16.5. The van der Waals surface area contributed by atoms with E-state index in [0.717, 1.165) is 0 Å². The van der Waals surface area contributed by atoms with E-state index < -0.39 is 5.97 Å². The Morgan fingerprint density at radius 1 is 1.54 bits per heavy atom. The molecule has 0 amide bonds. The molecule has 5 heteroatoms. The zero-order chi connectivity index (χ0) is 9.26. The van der Waals surface area contributed by atoms with Crippen molar-refractivity contribution in [3.05, 3.63) is 30.3 Å². The van der Waals surface area contributed by atoms with Crippen LogP contribution in [-0.4, -0.2) is 16.1 Å². The monoisotopic (exact) mass is 178 g/mol. The summed E-state index contributed by atoms with van der Waals surface area (Å²) in [6.07, 6.45) is 3.01. The van der Waals surface area contributed by atoms with Crippen LogP contribution in [0.2, 0.25) is 0 Å². The van der Waals surface area contributed by atoms with Gasteiger partial charge in [0.25, 0.3) is 0 Å². The third-order valence-electron chi connectivity index (χ3n) is 1.57. The zero-order valence-corrected chi connectivity index (χ0v) is 6.52. The van der Waals surface area contributed by atoms with E-state index in [0.29, 0.717) is 5.69 Å². The number of nitrogens with zero attached hydrogens (tertiary/aromatic N) is 1.